The number of carbonyl (C=O) groups is 1. The van der Waals surface area contributed by atoms with E-state index >= 15 is 0 Å². The van der Waals surface area contributed by atoms with Gasteiger partial charge in [-0.05, 0) is 52.9 Å². The van der Waals surface area contributed by atoms with Crippen molar-refractivity contribution < 1.29 is 9.21 Å². The van der Waals surface area contributed by atoms with Gasteiger partial charge in [0.2, 0.25) is 0 Å². The predicted octanol–water partition coefficient (Wildman–Crippen LogP) is 3.85. The van der Waals surface area contributed by atoms with Crippen molar-refractivity contribution in [3.05, 3.63) is 45.0 Å². The lowest BCUT2D eigenvalue weighted by Gasteiger charge is -2.12. The summed E-state index contributed by atoms with van der Waals surface area (Å²) in [6.07, 6.45) is 3.36. The highest BCUT2D eigenvalue weighted by Crippen LogP contribution is 2.22. The number of carbonyl (C=O) groups excluding carboxylic acids is 1. The van der Waals surface area contributed by atoms with Gasteiger partial charge in [0.25, 0.3) is 5.91 Å². The molecule has 2 heterocycles. The molecule has 0 aliphatic rings. The van der Waals surface area contributed by atoms with Gasteiger partial charge < -0.3 is 9.73 Å². The number of rotatable bonds is 5. The molecule has 18 heavy (non-hydrogen) atoms. The number of hydrogen-bond donors (Lipinski definition) is 1. The highest BCUT2D eigenvalue weighted by atomic mass is 79.9. The average Bonchev–Trinajstić information content (AvgIpc) is 2.97. The first-order chi connectivity index (χ1) is 8.66. The summed E-state index contributed by atoms with van der Waals surface area (Å²) in [6.45, 7) is 2.00. The normalized spacial score (nSPS) is 12.3. The summed E-state index contributed by atoms with van der Waals surface area (Å²) in [5, 5.41) is 4.88. The van der Waals surface area contributed by atoms with Gasteiger partial charge in [0, 0.05) is 16.9 Å². The van der Waals surface area contributed by atoms with Crippen molar-refractivity contribution in [2.45, 2.75) is 25.8 Å². The van der Waals surface area contributed by atoms with Crippen molar-refractivity contribution in [1.29, 1.82) is 0 Å². The number of furan rings is 1. The highest BCUT2D eigenvalue weighted by molar-refractivity contribution is 9.10. The summed E-state index contributed by atoms with van der Waals surface area (Å²) < 4.78 is 6.11. The lowest BCUT2D eigenvalue weighted by molar-refractivity contribution is 0.0941. The maximum Gasteiger partial charge on any atom is 0.262 e. The lowest BCUT2D eigenvalue weighted by Crippen LogP contribution is -2.32. The molecule has 0 aliphatic carbocycles. The van der Waals surface area contributed by atoms with Crippen LogP contribution in [0.25, 0.3) is 0 Å². The molecule has 0 aliphatic heterocycles. The molecule has 5 heteroatoms. The Balaban J connectivity index is 1.82. The molecule has 3 nitrogen and oxygen atoms in total. The Morgan fingerprint density at radius 1 is 1.56 bits per heavy atom. The van der Waals surface area contributed by atoms with Crippen LogP contribution in [0.5, 0.6) is 0 Å². The Labute approximate surface area is 118 Å². The summed E-state index contributed by atoms with van der Waals surface area (Å²) >= 11 is 4.80. The van der Waals surface area contributed by atoms with E-state index in [1.54, 1.807) is 6.26 Å². The molecule has 0 fully saturated rings. The summed E-state index contributed by atoms with van der Waals surface area (Å²) in [7, 11) is 0. The summed E-state index contributed by atoms with van der Waals surface area (Å²) in [6, 6.07) is 5.83. The largest absolute Gasteiger partial charge is 0.469 e. The van der Waals surface area contributed by atoms with Crippen molar-refractivity contribution in [3.63, 3.8) is 0 Å². The fraction of sp³-hybridized carbons (Fsp3) is 0.308. The molecule has 1 amide bonds. The molecule has 0 radical (unpaired) electrons. The molecule has 1 unspecified atom stereocenters. The number of nitrogens with one attached hydrogen (secondary N) is 1. The molecule has 96 valence electrons. The van der Waals surface area contributed by atoms with Crippen molar-refractivity contribution in [2.75, 3.05) is 0 Å². The third kappa shape index (κ3) is 3.46. The Bertz CT molecular complexity index is 507. The van der Waals surface area contributed by atoms with Gasteiger partial charge in [-0.25, -0.2) is 0 Å². The number of aryl methyl sites for hydroxylation is 1. The van der Waals surface area contributed by atoms with Gasteiger partial charge in [-0.3, -0.25) is 4.79 Å². The van der Waals surface area contributed by atoms with Gasteiger partial charge in [-0.15, -0.1) is 11.3 Å². The van der Waals surface area contributed by atoms with Crippen molar-refractivity contribution in [1.82, 2.24) is 5.32 Å². The molecule has 0 saturated heterocycles. The lowest BCUT2D eigenvalue weighted by atomic mass is 10.1. The van der Waals surface area contributed by atoms with Crippen molar-refractivity contribution in [3.8, 4) is 0 Å². The van der Waals surface area contributed by atoms with Crippen LogP contribution < -0.4 is 5.32 Å². The van der Waals surface area contributed by atoms with Crippen LogP contribution in [-0.2, 0) is 6.42 Å². The van der Waals surface area contributed by atoms with Gasteiger partial charge in [0.1, 0.15) is 10.6 Å². The van der Waals surface area contributed by atoms with E-state index in [2.05, 4.69) is 21.2 Å². The molecule has 2 aromatic heterocycles. The topological polar surface area (TPSA) is 42.2 Å². The third-order valence-electron chi connectivity index (χ3n) is 2.60. The second-order valence-corrected chi connectivity index (χ2v) is 5.86. The highest BCUT2D eigenvalue weighted by Gasteiger charge is 2.14. The van der Waals surface area contributed by atoms with Crippen LogP contribution in [0.4, 0.5) is 0 Å². The van der Waals surface area contributed by atoms with Gasteiger partial charge in [0.05, 0.1) is 6.26 Å². The van der Waals surface area contributed by atoms with E-state index in [0.29, 0.717) is 0 Å². The third-order valence-corrected chi connectivity index (χ3v) is 4.44. The monoisotopic (exact) mass is 327 g/mol. The summed E-state index contributed by atoms with van der Waals surface area (Å²) in [4.78, 5) is 12.7. The Morgan fingerprint density at radius 2 is 2.39 bits per heavy atom. The fourth-order valence-corrected chi connectivity index (χ4v) is 3.09. The zero-order valence-electron chi connectivity index (χ0n) is 9.98. The van der Waals surface area contributed by atoms with Gasteiger partial charge in [-0.1, -0.05) is 0 Å². The standard InChI is InChI=1S/C13H14BrNO2S/c1-9(4-5-10-3-2-7-17-10)15-13(16)12-11(14)6-8-18-12/h2-3,6-9H,4-5H2,1H3,(H,15,16). The minimum Gasteiger partial charge on any atom is -0.469 e. The van der Waals surface area contributed by atoms with Crippen LogP contribution in [-0.4, -0.2) is 11.9 Å². The molecule has 0 aromatic carbocycles. The fourth-order valence-electron chi connectivity index (χ4n) is 1.63. The molecule has 0 bridgehead atoms. The maximum atomic E-state index is 11.9. The van der Waals surface area contributed by atoms with E-state index in [-0.39, 0.29) is 11.9 Å². The predicted molar refractivity (Wildman–Crippen MR) is 76.0 cm³/mol. The molecule has 0 saturated carbocycles. The zero-order valence-corrected chi connectivity index (χ0v) is 12.4. The second-order valence-electron chi connectivity index (χ2n) is 4.09. The number of amides is 1. The first kappa shape index (κ1) is 13.4. The smallest absolute Gasteiger partial charge is 0.262 e. The molecule has 0 spiro atoms. The quantitative estimate of drug-likeness (QED) is 0.906. The average molecular weight is 328 g/mol. The van der Waals surface area contributed by atoms with E-state index in [0.717, 1.165) is 28.0 Å². The number of halogens is 1. The SMILES string of the molecule is CC(CCc1ccco1)NC(=O)c1sccc1Br. The van der Waals surface area contributed by atoms with Gasteiger partial charge >= 0.3 is 0 Å². The van der Waals surface area contributed by atoms with Crippen molar-refractivity contribution in [2.24, 2.45) is 0 Å². The second kappa shape index (κ2) is 6.20. The van der Waals surface area contributed by atoms with Crippen LogP contribution in [0.2, 0.25) is 0 Å². The number of thiophene rings is 1. The van der Waals surface area contributed by atoms with E-state index in [1.807, 2.05) is 30.5 Å². The minimum atomic E-state index is -0.0242. The first-order valence-electron chi connectivity index (χ1n) is 5.73. The molecule has 2 aromatic rings. The van der Waals surface area contributed by atoms with Crippen molar-refractivity contribution >= 4 is 33.2 Å². The molecule has 2 rings (SSSR count). The van der Waals surface area contributed by atoms with Crippen LogP contribution in [0.1, 0.15) is 28.8 Å². The zero-order chi connectivity index (χ0) is 13.0. The van der Waals surface area contributed by atoms with E-state index in [4.69, 9.17) is 4.42 Å². The Kier molecular flexibility index (Phi) is 4.60. The molecule has 1 atom stereocenters. The first-order valence-corrected chi connectivity index (χ1v) is 7.40. The Morgan fingerprint density at radius 3 is 3.00 bits per heavy atom. The van der Waals surface area contributed by atoms with Crippen LogP contribution in [0, 0.1) is 0 Å². The van der Waals surface area contributed by atoms with Gasteiger partial charge in [0.15, 0.2) is 0 Å². The summed E-state index contributed by atoms with van der Waals surface area (Å²) in [5.74, 6) is 0.928. The van der Waals surface area contributed by atoms with Crippen LogP contribution >= 0.6 is 27.3 Å². The number of hydrogen-bond acceptors (Lipinski definition) is 3. The molecular weight excluding hydrogens is 314 g/mol. The molecular formula is C13H14BrNO2S. The minimum absolute atomic E-state index is 0.0242. The van der Waals surface area contributed by atoms with Gasteiger partial charge in [-0.2, -0.15) is 0 Å². The van der Waals surface area contributed by atoms with E-state index < -0.39 is 0 Å². The maximum absolute atomic E-state index is 11.9. The van der Waals surface area contributed by atoms with E-state index in [1.165, 1.54) is 11.3 Å². The van der Waals surface area contributed by atoms with Crippen LogP contribution in [0.15, 0.2) is 38.7 Å². The Hall–Kier alpha value is -1.07. The van der Waals surface area contributed by atoms with E-state index in [9.17, 15) is 4.79 Å². The van der Waals surface area contributed by atoms with Crippen LogP contribution in [0.3, 0.4) is 0 Å². The summed E-state index contributed by atoms with van der Waals surface area (Å²) in [5.41, 5.74) is 0. The molecule has 1 N–H and O–H groups in total.